The average Bonchev–Trinajstić information content (AvgIpc) is 2.74. The molecule has 0 fully saturated rings. The molecule has 0 radical (unpaired) electrons. The Morgan fingerprint density at radius 1 is 1.33 bits per heavy atom. The second-order valence-corrected chi connectivity index (χ2v) is 6.84. The summed E-state index contributed by atoms with van der Waals surface area (Å²) >= 11 is 3.32. The van der Waals surface area contributed by atoms with Crippen LogP contribution in [0, 0.1) is 5.92 Å². The first-order valence-corrected chi connectivity index (χ1v) is 8.38. The Bertz CT molecular complexity index is 728. The van der Waals surface area contributed by atoms with Gasteiger partial charge in [-0.05, 0) is 43.5 Å². The second kappa shape index (κ2) is 7.73. The van der Waals surface area contributed by atoms with Crippen LogP contribution in [-0.2, 0) is 9.59 Å². The normalized spacial score (nSPS) is 20.9. The van der Waals surface area contributed by atoms with Gasteiger partial charge in [0.05, 0.1) is 5.92 Å². The van der Waals surface area contributed by atoms with Crippen LogP contribution in [0.5, 0.6) is 0 Å². The lowest BCUT2D eigenvalue weighted by molar-refractivity contribution is -0.122. The minimum absolute atomic E-state index is 0.317. The van der Waals surface area contributed by atoms with Crippen LogP contribution in [0.4, 0.5) is 0 Å². The average molecular weight is 391 g/mol. The van der Waals surface area contributed by atoms with Crippen molar-refractivity contribution < 1.29 is 19.8 Å². The number of halogens is 1. The smallest absolute Gasteiger partial charge is 0.192 e. The predicted molar refractivity (Wildman–Crippen MR) is 96.4 cm³/mol. The Kier molecular flexibility index (Phi) is 5.91. The van der Waals surface area contributed by atoms with Crippen molar-refractivity contribution in [2.24, 2.45) is 5.92 Å². The van der Waals surface area contributed by atoms with E-state index in [1.165, 1.54) is 6.08 Å². The van der Waals surface area contributed by atoms with E-state index in [1.54, 1.807) is 6.08 Å². The molecule has 0 spiro atoms. The molecule has 0 heterocycles. The molecule has 1 aliphatic rings. The van der Waals surface area contributed by atoms with Crippen molar-refractivity contribution >= 4 is 33.6 Å². The van der Waals surface area contributed by atoms with Crippen molar-refractivity contribution in [1.82, 2.24) is 0 Å². The number of aliphatic hydroxyl groups excluding tert-OH is 2. The number of benzene rings is 1. The van der Waals surface area contributed by atoms with Crippen LogP contribution in [0.2, 0.25) is 0 Å². The van der Waals surface area contributed by atoms with Gasteiger partial charge in [0.25, 0.3) is 0 Å². The SMILES string of the molecule is C=C(C)CCC1C(=O)C(C(=O)C=Cc2ccc(Br)cc2)=C(O)C1O. The van der Waals surface area contributed by atoms with E-state index >= 15 is 0 Å². The molecule has 0 bridgehead atoms. The minimum atomic E-state index is -1.32. The van der Waals surface area contributed by atoms with Gasteiger partial charge < -0.3 is 10.2 Å². The van der Waals surface area contributed by atoms with Gasteiger partial charge in [-0.1, -0.05) is 39.7 Å². The maximum atomic E-state index is 12.4. The number of rotatable bonds is 6. The highest BCUT2D eigenvalue weighted by molar-refractivity contribution is 9.10. The molecule has 1 aliphatic carbocycles. The fraction of sp³-hybridized carbons (Fsp3) is 0.263. The summed E-state index contributed by atoms with van der Waals surface area (Å²) in [6.45, 7) is 5.58. The van der Waals surface area contributed by atoms with Gasteiger partial charge in [0.15, 0.2) is 11.6 Å². The van der Waals surface area contributed by atoms with Gasteiger partial charge in [0.2, 0.25) is 0 Å². The first-order valence-electron chi connectivity index (χ1n) is 7.59. The highest BCUT2D eigenvalue weighted by Gasteiger charge is 2.43. The molecule has 2 N–H and O–H groups in total. The lowest BCUT2D eigenvalue weighted by atomic mass is 9.93. The summed E-state index contributed by atoms with van der Waals surface area (Å²) in [6.07, 6.45) is 2.39. The summed E-state index contributed by atoms with van der Waals surface area (Å²) in [5, 5.41) is 20.0. The molecule has 0 aromatic heterocycles. The zero-order valence-corrected chi connectivity index (χ0v) is 14.9. The Balaban J connectivity index is 2.14. The third-order valence-electron chi connectivity index (χ3n) is 3.93. The van der Waals surface area contributed by atoms with E-state index in [1.807, 2.05) is 31.2 Å². The van der Waals surface area contributed by atoms with E-state index in [0.717, 1.165) is 15.6 Å². The highest BCUT2D eigenvalue weighted by atomic mass is 79.9. The molecular formula is C19H19BrO4. The Morgan fingerprint density at radius 3 is 2.54 bits per heavy atom. The Labute approximate surface area is 149 Å². The summed E-state index contributed by atoms with van der Waals surface area (Å²) in [7, 11) is 0. The maximum absolute atomic E-state index is 12.4. The standard InChI is InChI=1S/C19H19BrO4/c1-11(2)3-9-14-17(22)16(19(24)18(14)23)15(21)10-6-12-4-7-13(20)8-5-12/h4-8,10,14,18,23-24H,1,3,9H2,2H3. The fourth-order valence-electron chi connectivity index (χ4n) is 2.56. The Hall–Kier alpha value is -1.98. The summed E-state index contributed by atoms with van der Waals surface area (Å²) < 4.78 is 0.917. The van der Waals surface area contributed by atoms with E-state index < -0.39 is 29.3 Å². The van der Waals surface area contributed by atoms with Gasteiger partial charge in [0.1, 0.15) is 17.4 Å². The zero-order chi connectivity index (χ0) is 17.9. The second-order valence-electron chi connectivity index (χ2n) is 5.92. The molecule has 4 nitrogen and oxygen atoms in total. The molecule has 24 heavy (non-hydrogen) atoms. The molecule has 5 heteroatoms. The van der Waals surface area contributed by atoms with Gasteiger partial charge in [-0.3, -0.25) is 9.59 Å². The number of hydrogen-bond acceptors (Lipinski definition) is 4. The zero-order valence-electron chi connectivity index (χ0n) is 13.3. The number of allylic oxidation sites excluding steroid dienone is 3. The van der Waals surface area contributed by atoms with Gasteiger partial charge in [-0.15, -0.1) is 6.58 Å². The van der Waals surface area contributed by atoms with E-state index in [2.05, 4.69) is 22.5 Å². The first-order chi connectivity index (χ1) is 11.3. The lowest BCUT2D eigenvalue weighted by Gasteiger charge is -2.13. The molecule has 0 aliphatic heterocycles. The lowest BCUT2D eigenvalue weighted by Crippen LogP contribution is -2.23. The Morgan fingerprint density at radius 2 is 1.96 bits per heavy atom. The van der Waals surface area contributed by atoms with Crippen LogP contribution in [0.25, 0.3) is 6.08 Å². The van der Waals surface area contributed by atoms with Gasteiger partial charge in [-0.25, -0.2) is 0 Å². The van der Waals surface area contributed by atoms with Gasteiger partial charge in [-0.2, -0.15) is 0 Å². The summed E-state index contributed by atoms with van der Waals surface area (Å²) in [4.78, 5) is 24.6. The van der Waals surface area contributed by atoms with E-state index in [4.69, 9.17) is 0 Å². The maximum Gasteiger partial charge on any atom is 0.192 e. The van der Waals surface area contributed by atoms with Crippen LogP contribution in [0.3, 0.4) is 0 Å². The molecule has 1 aromatic rings. The molecular weight excluding hydrogens is 372 g/mol. The molecule has 2 unspecified atom stereocenters. The van der Waals surface area contributed by atoms with Crippen molar-refractivity contribution in [2.45, 2.75) is 25.9 Å². The van der Waals surface area contributed by atoms with Crippen molar-refractivity contribution in [3.63, 3.8) is 0 Å². The fourth-order valence-corrected chi connectivity index (χ4v) is 2.83. The number of Topliss-reactive ketones (excluding diaryl/α,β-unsaturated/α-hetero) is 1. The van der Waals surface area contributed by atoms with Crippen molar-refractivity contribution in [2.75, 3.05) is 0 Å². The highest BCUT2D eigenvalue weighted by Crippen LogP contribution is 2.32. The van der Waals surface area contributed by atoms with E-state index in [9.17, 15) is 19.8 Å². The van der Waals surface area contributed by atoms with Crippen molar-refractivity contribution in [1.29, 1.82) is 0 Å². The monoisotopic (exact) mass is 390 g/mol. The molecule has 0 saturated carbocycles. The topological polar surface area (TPSA) is 74.6 Å². The summed E-state index contributed by atoms with van der Waals surface area (Å²) in [6, 6.07) is 7.28. The van der Waals surface area contributed by atoms with Crippen LogP contribution < -0.4 is 0 Å². The molecule has 0 saturated heterocycles. The summed E-state index contributed by atoms with van der Waals surface area (Å²) in [5.41, 5.74) is 1.35. The molecule has 0 amide bonds. The largest absolute Gasteiger partial charge is 0.509 e. The molecule has 126 valence electrons. The number of ketones is 2. The van der Waals surface area contributed by atoms with Crippen molar-refractivity contribution in [3.8, 4) is 0 Å². The molecule has 2 rings (SSSR count). The molecule has 1 aromatic carbocycles. The third-order valence-corrected chi connectivity index (χ3v) is 4.45. The minimum Gasteiger partial charge on any atom is -0.509 e. The number of carbonyl (C=O) groups excluding carboxylic acids is 2. The van der Waals surface area contributed by atoms with Gasteiger partial charge >= 0.3 is 0 Å². The van der Waals surface area contributed by atoms with Crippen molar-refractivity contribution in [3.05, 3.63) is 63.9 Å². The van der Waals surface area contributed by atoms with Crippen LogP contribution in [0.15, 0.2) is 58.3 Å². The number of aliphatic hydroxyl groups is 2. The molecule has 2 atom stereocenters. The quantitative estimate of drug-likeness (QED) is 0.440. The summed E-state index contributed by atoms with van der Waals surface area (Å²) in [5.74, 6) is -2.43. The van der Waals surface area contributed by atoms with Gasteiger partial charge in [0, 0.05) is 4.47 Å². The number of hydrogen-bond donors (Lipinski definition) is 2. The predicted octanol–water partition coefficient (Wildman–Crippen LogP) is 3.76. The van der Waals surface area contributed by atoms with E-state index in [-0.39, 0.29) is 5.57 Å². The first kappa shape index (κ1) is 18.4. The van der Waals surface area contributed by atoms with Crippen LogP contribution in [0.1, 0.15) is 25.3 Å². The van der Waals surface area contributed by atoms with Crippen LogP contribution in [-0.4, -0.2) is 27.9 Å². The van der Waals surface area contributed by atoms with Crippen LogP contribution >= 0.6 is 15.9 Å². The number of carbonyl (C=O) groups is 2. The van der Waals surface area contributed by atoms with E-state index in [0.29, 0.717) is 12.8 Å². The third kappa shape index (κ3) is 4.10.